The summed E-state index contributed by atoms with van der Waals surface area (Å²) in [4.78, 5) is 23.5. The van der Waals surface area contributed by atoms with Crippen molar-refractivity contribution in [3.05, 3.63) is 54.6 Å². The second kappa shape index (κ2) is 9.04. The summed E-state index contributed by atoms with van der Waals surface area (Å²) in [5, 5.41) is 7.52. The van der Waals surface area contributed by atoms with E-state index in [0.29, 0.717) is 17.3 Å². The van der Waals surface area contributed by atoms with Crippen LogP contribution in [0.2, 0.25) is 0 Å². The van der Waals surface area contributed by atoms with Gasteiger partial charge in [-0.2, -0.15) is 5.10 Å². The number of rotatable bonds is 6. The third-order valence-corrected chi connectivity index (χ3v) is 5.47. The minimum absolute atomic E-state index is 0.0750. The fraction of sp³-hybridized carbons (Fsp3) is 0.364. The van der Waals surface area contributed by atoms with Gasteiger partial charge in [0.2, 0.25) is 5.88 Å². The topological polar surface area (TPSA) is 85.2 Å². The smallest absolute Gasteiger partial charge is 0.253 e. The highest BCUT2D eigenvalue weighted by Crippen LogP contribution is 2.22. The lowest BCUT2D eigenvalue weighted by Crippen LogP contribution is -2.44. The van der Waals surface area contributed by atoms with Crippen LogP contribution in [0, 0.1) is 0 Å². The zero-order valence-corrected chi connectivity index (χ0v) is 17.3. The fourth-order valence-electron chi connectivity index (χ4n) is 3.62. The van der Waals surface area contributed by atoms with Crippen LogP contribution in [0.1, 0.15) is 30.1 Å². The van der Waals surface area contributed by atoms with Crippen LogP contribution in [0.25, 0.3) is 16.9 Å². The van der Waals surface area contributed by atoms with Crippen molar-refractivity contribution >= 4 is 5.91 Å². The molecule has 1 N–H and O–H groups in total. The summed E-state index contributed by atoms with van der Waals surface area (Å²) in [6.45, 7) is 5.30. The highest BCUT2D eigenvalue weighted by molar-refractivity contribution is 5.94. The number of amides is 1. The van der Waals surface area contributed by atoms with Gasteiger partial charge in [-0.25, -0.2) is 14.6 Å². The molecule has 1 aliphatic heterocycles. The first kappa shape index (κ1) is 20.0. The summed E-state index contributed by atoms with van der Waals surface area (Å²) in [7, 11) is 1.59. The molecule has 1 aliphatic rings. The van der Waals surface area contributed by atoms with Gasteiger partial charge in [0.1, 0.15) is 0 Å². The van der Waals surface area contributed by atoms with Gasteiger partial charge in [-0.1, -0.05) is 6.92 Å². The Kier molecular flexibility index (Phi) is 6.04. The Morgan fingerprint density at radius 3 is 2.70 bits per heavy atom. The fourth-order valence-corrected chi connectivity index (χ4v) is 3.62. The summed E-state index contributed by atoms with van der Waals surface area (Å²) < 4.78 is 6.86. The van der Waals surface area contributed by atoms with Gasteiger partial charge in [0, 0.05) is 49.4 Å². The zero-order valence-electron chi connectivity index (χ0n) is 17.3. The summed E-state index contributed by atoms with van der Waals surface area (Å²) >= 11 is 0. The van der Waals surface area contributed by atoms with E-state index >= 15 is 0 Å². The summed E-state index contributed by atoms with van der Waals surface area (Å²) in [6, 6.07) is 7.57. The summed E-state index contributed by atoms with van der Waals surface area (Å²) in [5.41, 5.74) is 2.44. The number of hydrogen-bond donors (Lipinski definition) is 1. The van der Waals surface area contributed by atoms with E-state index in [1.807, 2.05) is 18.3 Å². The minimum Gasteiger partial charge on any atom is -0.481 e. The molecular formula is C22H26N6O2. The molecule has 30 heavy (non-hydrogen) atoms. The van der Waals surface area contributed by atoms with E-state index in [1.54, 1.807) is 42.5 Å². The molecule has 3 aromatic rings. The molecule has 0 saturated carbocycles. The molecule has 0 atom stereocenters. The largest absolute Gasteiger partial charge is 0.481 e. The van der Waals surface area contributed by atoms with Crippen molar-refractivity contribution in [3.8, 4) is 22.8 Å². The molecule has 4 heterocycles. The third-order valence-electron chi connectivity index (χ3n) is 5.47. The highest BCUT2D eigenvalue weighted by Gasteiger charge is 2.20. The molecule has 8 heteroatoms. The standard InChI is InChI=1S/C22H26N6O2/c1-3-27-10-7-19(8-11-27)26-22(29)17-4-5-20(24-13-17)28-15-18(14-25-28)16-6-9-23-21(12-16)30-2/h4-6,9,12-15,19H,3,7-8,10-11H2,1-2H3,(H,26,29). The molecule has 156 valence electrons. The Bertz CT molecular complexity index is 993. The number of nitrogens with one attached hydrogen (secondary N) is 1. The van der Waals surface area contributed by atoms with Gasteiger partial charge >= 0.3 is 0 Å². The second-order valence-corrected chi connectivity index (χ2v) is 7.35. The molecular weight excluding hydrogens is 380 g/mol. The first-order chi connectivity index (χ1) is 14.7. The van der Waals surface area contributed by atoms with Crippen LogP contribution in [-0.2, 0) is 0 Å². The maximum atomic E-state index is 12.6. The van der Waals surface area contributed by atoms with Gasteiger partial charge in [0.15, 0.2) is 5.82 Å². The number of aromatic nitrogens is 4. The van der Waals surface area contributed by atoms with Crippen LogP contribution in [0.4, 0.5) is 0 Å². The van der Waals surface area contributed by atoms with Crippen molar-refractivity contribution in [3.63, 3.8) is 0 Å². The van der Waals surface area contributed by atoms with Crippen LogP contribution < -0.4 is 10.1 Å². The van der Waals surface area contributed by atoms with E-state index in [2.05, 4.69) is 32.2 Å². The van der Waals surface area contributed by atoms with E-state index in [0.717, 1.165) is 43.6 Å². The number of carbonyl (C=O) groups excluding carboxylic acids is 1. The average Bonchev–Trinajstić information content (AvgIpc) is 3.30. The van der Waals surface area contributed by atoms with Crippen LogP contribution in [0.5, 0.6) is 5.88 Å². The van der Waals surface area contributed by atoms with Gasteiger partial charge in [-0.15, -0.1) is 0 Å². The first-order valence-electron chi connectivity index (χ1n) is 10.2. The van der Waals surface area contributed by atoms with Gasteiger partial charge in [0.25, 0.3) is 5.91 Å². The van der Waals surface area contributed by atoms with Crippen LogP contribution in [0.3, 0.4) is 0 Å². The molecule has 1 amide bonds. The van der Waals surface area contributed by atoms with Gasteiger partial charge in [-0.3, -0.25) is 4.79 Å². The number of carbonyl (C=O) groups is 1. The predicted octanol–water partition coefficient (Wildman–Crippen LogP) is 2.55. The number of pyridine rings is 2. The molecule has 0 aliphatic carbocycles. The van der Waals surface area contributed by atoms with Crippen molar-refractivity contribution in [1.82, 2.24) is 30.0 Å². The SMILES string of the molecule is CCN1CCC(NC(=O)c2ccc(-n3cc(-c4ccnc(OC)c4)cn3)nc2)CC1. The molecule has 0 spiro atoms. The molecule has 0 unspecified atom stereocenters. The van der Waals surface area contributed by atoms with E-state index in [9.17, 15) is 4.79 Å². The maximum absolute atomic E-state index is 12.6. The Morgan fingerprint density at radius 1 is 1.17 bits per heavy atom. The Morgan fingerprint density at radius 2 is 2.00 bits per heavy atom. The molecule has 3 aromatic heterocycles. The monoisotopic (exact) mass is 406 g/mol. The zero-order chi connectivity index (χ0) is 20.9. The Labute approximate surface area is 175 Å². The highest BCUT2D eigenvalue weighted by atomic mass is 16.5. The molecule has 1 fully saturated rings. The van der Waals surface area contributed by atoms with Crippen molar-refractivity contribution in [2.75, 3.05) is 26.7 Å². The predicted molar refractivity (Wildman–Crippen MR) is 114 cm³/mol. The lowest BCUT2D eigenvalue weighted by Gasteiger charge is -2.31. The number of likely N-dealkylation sites (tertiary alicyclic amines) is 1. The minimum atomic E-state index is -0.0750. The molecule has 1 saturated heterocycles. The molecule has 0 aromatic carbocycles. The van der Waals surface area contributed by atoms with Crippen LogP contribution in [-0.4, -0.2) is 63.3 Å². The normalized spacial score (nSPS) is 15.1. The van der Waals surface area contributed by atoms with Gasteiger partial charge in [-0.05, 0) is 43.1 Å². The van der Waals surface area contributed by atoms with Crippen molar-refractivity contribution in [1.29, 1.82) is 0 Å². The van der Waals surface area contributed by atoms with Crippen molar-refractivity contribution in [2.24, 2.45) is 0 Å². The Hall–Kier alpha value is -3.26. The quantitative estimate of drug-likeness (QED) is 0.677. The molecule has 8 nitrogen and oxygen atoms in total. The van der Waals surface area contributed by atoms with Crippen molar-refractivity contribution < 1.29 is 9.53 Å². The third kappa shape index (κ3) is 4.49. The van der Waals surface area contributed by atoms with Gasteiger partial charge < -0.3 is 15.0 Å². The second-order valence-electron chi connectivity index (χ2n) is 7.35. The number of hydrogen-bond acceptors (Lipinski definition) is 6. The Balaban J connectivity index is 1.41. The average molecular weight is 406 g/mol. The van der Waals surface area contributed by atoms with E-state index in [4.69, 9.17) is 4.74 Å². The van der Waals surface area contributed by atoms with Crippen LogP contribution >= 0.6 is 0 Å². The lowest BCUT2D eigenvalue weighted by molar-refractivity contribution is 0.0912. The van der Waals surface area contributed by atoms with E-state index in [1.165, 1.54) is 0 Å². The van der Waals surface area contributed by atoms with Crippen LogP contribution in [0.15, 0.2) is 49.1 Å². The number of methoxy groups -OCH3 is 1. The maximum Gasteiger partial charge on any atom is 0.253 e. The number of ether oxygens (including phenoxy) is 1. The molecule has 0 bridgehead atoms. The van der Waals surface area contributed by atoms with Gasteiger partial charge in [0.05, 0.1) is 18.9 Å². The van der Waals surface area contributed by atoms with E-state index in [-0.39, 0.29) is 11.9 Å². The molecule has 4 rings (SSSR count). The number of nitrogens with zero attached hydrogens (tertiary/aromatic N) is 5. The summed E-state index contributed by atoms with van der Waals surface area (Å²) in [6.07, 6.45) is 8.92. The first-order valence-corrected chi connectivity index (χ1v) is 10.2. The van der Waals surface area contributed by atoms with Crippen molar-refractivity contribution in [2.45, 2.75) is 25.8 Å². The summed E-state index contributed by atoms with van der Waals surface area (Å²) in [5.74, 6) is 1.12. The van der Waals surface area contributed by atoms with E-state index < -0.39 is 0 Å². The molecule has 0 radical (unpaired) electrons. The number of piperidine rings is 1. The lowest BCUT2D eigenvalue weighted by atomic mass is 10.0.